The van der Waals surface area contributed by atoms with Crippen molar-refractivity contribution in [3.8, 4) is 22.6 Å². The van der Waals surface area contributed by atoms with Gasteiger partial charge in [0.25, 0.3) is 0 Å². The summed E-state index contributed by atoms with van der Waals surface area (Å²) in [7, 11) is -2.88. The molecule has 2 heterocycles. The molecule has 27 heavy (non-hydrogen) atoms. The van der Waals surface area contributed by atoms with Gasteiger partial charge in [-0.05, 0) is 55.5 Å². The average molecular weight is 388 g/mol. The van der Waals surface area contributed by atoms with Crippen LogP contribution < -0.4 is 15.2 Å². The Labute approximate surface area is 160 Å². The smallest absolute Gasteiger partial charge is 0.150 e. The fourth-order valence-electron chi connectivity index (χ4n) is 4.06. The van der Waals surface area contributed by atoms with E-state index in [1.807, 2.05) is 24.3 Å². The van der Waals surface area contributed by atoms with Gasteiger partial charge in [0, 0.05) is 11.1 Å². The molecule has 1 atom stereocenters. The molecule has 0 saturated carbocycles. The minimum Gasteiger partial charge on any atom is -0.491 e. The van der Waals surface area contributed by atoms with E-state index in [4.69, 9.17) is 15.2 Å². The summed E-state index contributed by atoms with van der Waals surface area (Å²) in [5.41, 5.74) is 11.6. The zero-order chi connectivity index (χ0) is 19.2. The minimum absolute atomic E-state index is 0.0412. The summed E-state index contributed by atoms with van der Waals surface area (Å²) in [6, 6.07) is 10.1. The highest BCUT2D eigenvalue weighted by Crippen LogP contribution is 2.43. The highest BCUT2D eigenvalue weighted by Gasteiger charge is 2.27. The van der Waals surface area contributed by atoms with Crippen LogP contribution in [0, 0.1) is 13.8 Å². The topological polar surface area (TPSA) is 78.6 Å². The number of fused-ring (bicyclic) bond motifs is 1. The van der Waals surface area contributed by atoms with Crippen LogP contribution in [0.5, 0.6) is 11.5 Å². The molecule has 2 N–H and O–H groups in total. The molecular weight excluding hydrogens is 362 g/mol. The number of hydrogen-bond donors (Lipinski definition) is 1. The molecule has 0 bridgehead atoms. The Morgan fingerprint density at radius 1 is 1.11 bits per heavy atom. The Morgan fingerprint density at radius 2 is 1.78 bits per heavy atom. The summed E-state index contributed by atoms with van der Waals surface area (Å²) in [4.78, 5) is 0. The molecule has 5 nitrogen and oxygen atoms in total. The second-order valence-corrected chi connectivity index (χ2v) is 9.85. The van der Waals surface area contributed by atoms with Crippen LogP contribution in [0.1, 0.15) is 35.6 Å². The van der Waals surface area contributed by atoms with Crippen LogP contribution in [0.3, 0.4) is 0 Å². The van der Waals surface area contributed by atoms with Crippen molar-refractivity contribution in [2.75, 3.05) is 18.1 Å². The molecule has 2 aromatic rings. The lowest BCUT2D eigenvalue weighted by Crippen LogP contribution is -2.30. The van der Waals surface area contributed by atoms with Gasteiger partial charge in [0.1, 0.15) is 24.2 Å². The molecule has 0 spiro atoms. The van der Waals surface area contributed by atoms with Gasteiger partial charge in [0.15, 0.2) is 9.84 Å². The average Bonchev–Trinajstić information content (AvgIpc) is 2.98. The monoisotopic (exact) mass is 387 g/mol. The van der Waals surface area contributed by atoms with Gasteiger partial charge in [0.05, 0.1) is 17.5 Å². The minimum atomic E-state index is -2.88. The number of nitrogens with two attached hydrogens (primary N) is 1. The largest absolute Gasteiger partial charge is 0.491 e. The van der Waals surface area contributed by atoms with E-state index in [-0.39, 0.29) is 23.7 Å². The van der Waals surface area contributed by atoms with E-state index in [9.17, 15) is 8.42 Å². The number of benzene rings is 2. The van der Waals surface area contributed by atoms with Crippen molar-refractivity contribution in [1.82, 2.24) is 0 Å². The van der Waals surface area contributed by atoms with E-state index < -0.39 is 9.84 Å². The molecule has 0 aliphatic carbocycles. The number of rotatable bonds is 3. The highest BCUT2D eigenvalue weighted by atomic mass is 32.2. The molecule has 2 aromatic carbocycles. The molecule has 2 aliphatic heterocycles. The van der Waals surface area contributed by atoms with E-state index in [1.54, 1.807) is 0 Å². The summed E-state index contributed by atoms with van der Waals surface area (Å²) in [5, 5.41) is 0. The number of ether oxygens (including phenoxy) is 2. The van der Waals surface area contributed by atoms with Crippen LogP contribution >= 0.6 is 0 Å². The van der Waals surface area contributed by atoms with Crippen molar-refractivity contribution in [2.45, 2.75) is 38.8 Å². The SMILES string of the molecule is Cc1cc(OC2CCS(=O)(=O)CC2)cc(C)c1-c1cccc2c1OC[C@H]2N. The summed E-state index contributed by atoms with van der Waals surface area (Å²) >= 11 is 0. The van der Waals surface area contributed by atoms with Gasteiger partial charge in [-0.15, -0.1) is 0 Å². The molecule has 144 valence electrons. The summed E-state index contributed by atoms with van der Waals surface area (Å²) < 4.78 is 35.2. The van der Waals surface area contributed by atoms with Crippen molar-refractivity contribution in [2.24, 2.45) is 5.73 Å². The third-order valence-electron chi connectivity index (χ3n) is 5.43. The van der Waals surface area contributed by atoms with E-state index >= 15 is 0 Å². The fourth-order valence-corrected chi connectivity index (χ4v) is 5.51. The lowest BCUT2D eigenvalue weighted by Gasteiger charge is -2.24. The Morgan fingerprint density at radius 3 is 2.44 bits per heavy atom. The number of aryl methyl sites for hydroxylation is 2. The quantitative estimate of drug-likeness (QED) is 0.874. The summed E-state index contributed by atoms with van der Waals surface area (Å²) in [6.07, 6.45) is 1.07. The van der Waals surface area contributed by atoms with Crippen molar-refractivity contribution >= 4 is 9.84 Å². The molecule has 6 heteroatoms. The molecular formula is C21H25NO4S. The van der Waals surface area contributed by atoms with E-state index in [0.29, 0.717) is 19.4 Å². The molecule has 0 amide bonds. The number of hydrogen-bond acceptors (Lipinski definition) is 5. The van der Waals surface area contributed by atoms with Crippen molar-refractivity contribution < 1.29 is 17.9 Å². The van der Waals surface area contributed by atoms with Gasteiger partial charge >= 0.3 is 0 Å². The summed E-state index contributed by atoms with van der Waals surface area (Å²) in [6.45, 7) is 4.64. The van der Waals surface area contributed by atoms with Crippen LogP contribution in [0.15, 0.2) is 30.3 Å². The van der Waals surface area contributed by atoms with Crippen LogP contribution in [0.2, 0.25) is 0 Å². The molecule has 2 aliphatic rings. The van der Waals surface area contributed by atoms with Crippen molar-refractivity contribution in [3.63, 3.8) is 0 Å². The Bertz CT molecular complexity index is 947. The van der Waals surface area contributed by atoms with Gasteiger partial charge < -0.3 is 15.2 Å². The maximum atomic E-state index is 11.6. The third-order valence-corrected chi connectivity index (χ3v) is 7.15. The Kier molecular flexibility index (Phi) is 4.64. The maximum Gasteiger partial charge on any atom is 0.150 e. The Hall–Kier alpha value is -2.05. The predicted octanol–water partition coefficient (Wildman–Crippen LogP) is 3.32. The molecule has 1 saturated heterocycles. The van der Waals surface area contributed by atoms with E-state index in [1.165, 1.54) is 0 Å². The first-order valence-electron chi connectivity index (χ1n) is 9.34. The number of sulfone groups is 1. The molecule has 0 radical (unpaired) electrons. The molecule has 1 fully saturated rings. The second-order valence-electron chi connectivity index (χ2n) is 7.54. The molecule has 0 aromatic heterocycles. The maximum absolute atomic E-state index is 11.6. The van der Waals surface area contributed by atoms with Crippen LogP contribution in [-0.2, 0) is 9.84 Å². The van der Waals surface area contributed by atoms with Gasteiger partial charge in [-0.1, -0.05) is 18.2 Å². The first-order valence-corrected chi connectivity index (χ1v) is 11.2. The standard InChI is InChI=1S/C21H25NO4S/c1-13-10-16(26-15-6-8-27(23,24)9-7-15)11-14(2)20(13)18-5-3-4-17-19(22)12-25-21(17)18/h3-5,10-11,15,19H,6-9,12,22H2,1-2H3/t19-/m1/s1. The summed E-state index contributed by atoms with van der Waals surface area (Å²) in [5.74, 6) is 2.09. The van der Waals surface area contributed by atoms with Crippen LogP contribution in [-0.4, -0.2) is 32.6 Å². The van der Waals surface area contributed by atoms with Crippen LogP contribution in [0.4, 0.5) is 0 Å². The highest BCUT2D eigenvalue weighted by molar-refractivity contribution is 7.91. The second kappa shape index (κ2) is 6.84. The van der Waals surface area contributed by atoms with E-state index in [2.05, 4.69) is 19.9 Å². The lowest BCUT2D eigenvalue weighted by atomic mass is 9.92. The first-order chi connectivity index (χ1) is 12.8. The Balaban J connectivity index is 1.62. The van der Waals surface area contributed by atoms with Crippen LogP contribution in [0.25, 0.3) is 11.1 Å². The zero-order valence-corrected chi connectivity index (χ0v) is 16.5. The molecule has 4 rings (SSSR count). The van der Waals surface area contributed by atoms with E-state index in [0.717, 1.165) is 39.3 Å². The number of para-hydroxylation sites is 1. The zero-order valence-electron chi connectivity index (χ0n) is 15.7. The third kappa shape index (κ3) is 3.56. The van der Waals surface area contributed by atoms with Gasteiger partial charge in [-0.2, -0.15) is 0 Å². The van der Waals surface area contributed by atoms with Crippen molar-refractivity contribution in [1.29, 1.82) is 0 Å². The first kappa shape index (κ1) is 18.3. The van der Waals surface area contributed by atoms with Gasteiger partial charge in [0.2, 0.25) is 0 Å². The van der Waals surface area contributed by atoms with Gasteiger partial charge in [-0.3, -0.25) is 0 Å². The predicted molar refractivity (Wildman–Crippen MR) is 106 cm³/mol. The van der Waals surface area contributed by atoms with Crippen molar-refractivity contribution in [3.05, 3.63) is 47.0 Å². The fraction of sp³-hybridized carbons (Fsp3) is 0.429. The van der Waals surface area contributed by atoms with Gasteiger partial charge in [-0.25, -0.2) is 8.42 Å². The normalized spacial score (nSPS) is 21.5. The lowest BCUT2D eigenvalue weighted by molar-refractivity contribution is 0.189. The molecule has 0 unspecified atom stereocenters.